The third-order valence-corrected chi connectivity index (χ3v) is 5.33. The van der Waals surface area contributed by atoms with Gasteiger partial charge in [-0.1, -0.05) is 37.6 Å². The Bertz CT molecular complexity index is 930. The number of nitrogen functional groups attached to an aromatic ring is 1. The maximum Gasteiger partial charge on any atom is 0.319 e. The van der Waals surface area contributed by atoms with Gasteiger partial charge < -0.3 is 15.5 Å². The quantitative estimate of drug-likeness (QED) is 0.580. The highest BCUT2D eigenvalue weighted by atomic mass is 16.5. The number of aromatic amines is 1. The van der Waals surface area contributed by atoms with Crippen LogP contribution < -0.4 is 10.5 Å². The zero-order chi connectivity index (χ0) is 19.3. The van der Waals surface area contributed by atoms with Crippen molar-refractivity contribution in [2.24, 2.45) is 0 Å². The molecule has 4 rings (SSSR count). The van der Waals surface area contributed by atoms with Gasteiger partial charge in [-0.25, -0.2) is 0 Å². The van der Waals surface area contributed by atoms with Gasteiger partial charge in [-0.3, -0.25) is 4.90 Å². The first-order valence-corrected chi connectivity index (χ1v) is 10.3. The van der Waals surface area contributed by atoms with Crippen molar-refractivity contribution in [1.82, 2.24) is 19.9 Å². The lowest BCUT2D eigenvalue weighted by Crippen LogP contribution is -2.18. The predicted molar refractivity (Wildman–Crippen MR) is 112 cm³/mol. The second-order valence-corrected chi connectivity index (χ2v) is 7.61. The molecule has 6 nitrogen and oxygen atoms in total. The third-order valence-electron chi connectivity index (χ3n) is 5.33. The lowest BCUT2D eigenvalue weighted by molar-refractivity contribution is 0.287. The molecule has 2 aromatic heterocycles. The van der Waals surface area contributed by atoms with Crippen LogP contribution in [0.25, 0.3) is 11.0 Å². The van der Waals surface area contributed by atoms with Crippen molar-refractivity contribution >= 4 is 16.9 Å². The van der Waals surface area contributed by atoms with E-state index in [1.807, 2.05) is 6.20 Å². The van der Waals surface area contributed by atoms with Crippen LogP contribution in [0.3, 0.4) is 0 Å². The monoisotopic (exact) mass is 379 g/mol. The number of nitrogens with two attached hydrogens (primary N) is 1. The number of anilines is 1. The van der Waals surface area contributed by atoms with Gasteiger partial charge in [0.15, 0.2) is 5.82 Å². The Hall–Kier alpha value is -2.60. The van der Waals surface area contributed by atoms with E-state index in [1.165, 1.54) is 37.1 Å². The summed E-state index contributed by atoms with van der Waals surface area (Å²) in [4.78, 5) is 14.6. The van der Waals surface area contributed by atoms with Gasteiger partial charge in [-0.2, -0.15) is 9.97 Å². The fraction of sp³-hybridized carbons (Fsp3) is 0.455. The Kier molecular flexibility index (Phi) is 5.76. The summed E-state index contributed by atoms with van der Waals surface area (Å²) in [6.07, 6.45) is 7.47. The standard InChI is InChI=1S/C22H29N5O/c1-2-3-11-28-22-25-19-18(14-24-20(19)21(23)26-22)13-16-7-6-8-17(12-16)15-27-9-4-5-10-27/h6-8,12,14,24H,2-5,9-11,13,15H2,1H3,(H2,23,25,26). The molecule has 0 saturated carbocycles. The number of fused-ring (bicyclic) bond motifs is 1. The summed E-state index contributed by atoms with van der Waals surface area (Å²) in [6, 6.07) is 9.22. The highest BCUT2D eigenvalue weighted by molar-refractivity contribution is 5.87. The van der Waals surface area contributed by atoms with E-state index in [-0.39, 0.29) is 0 Å². The minimum absolute atomic E-state index is 0.363. The number of benzene rings is 1. The first kappa shape index (κ1) is 18.7. The molecule has 3 N–H and O–H groups in total. The summed E-state index contributed by atoms with van der Waals surface area (Å²) in [5.41, 5.74) is 11.5. The Morgan fingerprint density at radius 1 is 1.18 bits per heavy atom. The Balaban J connectivity index is 1.54. The first-order valence-electron chi connectivity index (χ1n) is 10.3. The van der Waals surface area contributed by atoms with Crippen LogP contribution in [0.5, 0.6) is 6.01 Å². The number of unbranched alkanes of at least 4 members (excludes halogenated alkanes) is 1. The zero-order valence-corrected chi connectivity index (χ0v) is 16.6. The van der Waals surface area contributed by atoms with Crippen LogP contribution in [-0.2, 0) is 13.0 Å². The van der Waals surface area contributed by atoms with Crippen molar-refractivity contribution < 1.29 is 4.74 Å². The van der Waals surface area contributed by atoms with Gasteiger partial charge in [0.05, 0.1) is 6.61 Å². The topological polar surface area (TPSA) is 80.1 Å². The highest BCUT2D eigenvalue weighted by Crippen LogP contribution is 2.25. The molecule has 0 aliphatic carbocycles. The lowest BCUT2D eigenvalue weighted by atomic mass is 10.0. The number of H-pyrrole nitrogens is 1. The van der Waals surface area contributed by atoms with Crippen molar-refractivity contribution in [3.05, 3.63) is 47.2 Å². The van der Waals surface area contributed by atoms with E-state index in [9.17, 15) is 0 Å². The average Bonchev–Trinajstić information content (AvgIpc) is 3.33. The Morgan fingerprint density at radius 2 is 2.00 bits per heavy atom. The van der Waals surface area contributed by atoms with E-state index >= 15 is 0 Å². The van der Waals surface area contributed by atoms with Crippen molar-refractivity contribution in [3.8, 4) is 6.01 Å². The molecule has 3 heterocycles. The third kappa shape index (κ3) is 4.28. The molecular formula is C22H29N5O. The SMILES string of the molecule is CCCCOc1nc(N)c2[nH]cc(Cc3cccc(CN4CCCC4)c3)c2n1. The summed E-state index contributed by atoms with van der Waals surface area (Å²) >= 11 is 0. The Labute approximate surface area is 166 Å². The van der Waals surface area contributed by atoms with E-state index in [4.69, 9.17) is 10.5 Å². The van der Waals surface area contributed by atoms with Crippen molar-refractivity contribution in [2.45, 2.75) is 45.6 Å². The summed E-state index contributed by atoms with van der Waals surface area (Å²) < 4.78 is 5.68. The molecule has 0 atom stereocenters. The molecule has 148 valence electrons. The molecule has 0 radical (unpaired) electrons. The summed E-state index contributed by atoms with van der Waals surface area (Å²) in [6.45, 7) is 6.20. The largest absolute Gasteiger partial charge is 0.463 e. The molecule has 0 unspecified atom stereocenters. The predicted octanol–water partition coefficient (Wildman–Crippen LogP) is 3.91. The molecule has 3 aromatic rings. The van der Waals surface area contributed by atoms with Crippen LogP contribution in [0, 0.1) is 0 Å². The number of nitrogens with one attached hydrogen (secondary N) is 1. The van der Waals surface area contributed by atoms with Crippen LogP contribution in [0.15, 0.2) is 30.5 Å². The average molecular weight is 380 g/mol. The lowest BCUT2D eigenvalue weighted by Gasteiger charge is -2.15. The van der Waals surface area contributed by atoms with Crippen molar-refractivity contribution in [1.29, 1.82) is 0 Å². The van der Waals surface area contributed by atoms with Gasteiger partial charge in [0.1, 0.15) is 11.0 Å². The molecule has 1 aliphatic rings. The summed E-state index contributed by atoms with van der Waals surface area (Å²) in [5, 5.41) is 0. The molecule has 1 aliphatic heterocycles. The second-order valence-electron chi connectivity index (χ2n) is 7.61. The maximum absolute atomic E-state index is 6.12. The van der Waals surface area contributed by atoms with Gasteiger partial charge in [-0.15, -0.1) is 0 Å². The van der Waals surface area contributed by atoms with Gasteiger partial charge in [0, 0.05) is 24.7 Å². The van der Waals surface area contributed by atoms with E-state index < -0.39 is 0 Å². The van der Waals surface area contributed by atoms with Crippen LogP contribution in [0.2, 0.25) is 0 Å². The fourth-order valence-corrected chi connectivity index (χ4v) is 3.82. The molecule has 0 spiro atoms. The first-order chi connectivity index (χ1) is 13.7. The van der Waals surface area contributed by atoms with Crippen molar-refractivity contribution in [2.75, 3.05) is 25.4 Å². The molecule has 1 aromatic carbocycles. The van der Waals surface area contributed by atoms with Gasteiger partial charge >= 0.3 is 6.01 Å². The molecule has 1 saturated heterocycles. The van der Waals surface area contributed by atoms with Crippen LogP contribution in [-0.4, -0.2) is 39.5 Å². The zero-order valence-electron chi connectivity index (χ0n) is 16.6. The Morgan fingerprint density at radius 3 is 2.82 bits per heavy atom. The molecular weight excluding hydrogens is 350 g/mol. The van der Waals surface area contributed by atoms with Gasteiger partial charge in [0.2, 0.25) is 0 Å². The molecule has 6 heteroatoms. The number of rotatable bonds is 8. The van der Waals surface area contributed by atoms with Gasteiger partial charge in [-0.05, 0) is 43.5 Å². The number of aromatic nitrogens is 3. The maximum atomic E-state index is 6.12. The molecule has 28 heavy (non-hydrogen) atoms. The summed E-state index contributed by atoms with van der Waals surface area (Å²) in [5.74, 6) is 0.436. The fourth-order valence-electron chi connectivity index (χ4n) is 3.82. The number of hydrogen-bond acceptors (Lipinski definition) is 5. The molecule has 0 bridgehead atoms. The number of nitrogens with zero attached hydrogens (tertiary/aromatic N) is 3. The number of ether oxygens (including phenoxy) is 1. The number of likely N-dealkylation sites (tertiary alicyclic amines) is 1. The minimum atomic E-state index is 0.363. The van der Waals surface area contributed by atoms with Crippen molar-refractivity contribution in [3.63, 3.8) is 0 Å². The minimum Gasteiger partial charge on any atom is -0.463 e. The van der Waals surface area contributed by atoms with Crippen LogP contribution >= 0.6 is 0 Å². The normalized spacial score (nSPS) is 14.8. The highest BCUT2D eigenvalue weighted by Gasteiger charge is 2.14. The van der Waals surface area contributed by atoms with Crippen LogP contribution in [0.4, 0.5) is 5.82 Å². The van der Waals surface area contributed by atoms with E-state index in [0.29, 0.717) is 18.4 Å². The van der Waals surface area contributed by atoms with Gasteiger partial charge in [0.25, 0.3) is 0 Å². The van der Waals surface area contributed by atoms with Crippen LogP contribution in [0.1, 0.15) is 49.3 Å². The number of hydrogen-bond donors (Lipinski definition) is 2. The second kappa shape index (κ2) is 8.61. The summed E-state index contributed by atoms with van der Waals surface area (Å²) in [7, 11) is 0. The molecule has 1 fully saturated rings. The van der Waals surface area contributed by atoms with E-state index in [0.717, 1.165) is 42.4 Å². The van der Waals surface area contributed by atoms with E-state index in [1.54, 1.807) is 0 Å². The molecule has 0 amide bonds. The smallest absolute Gasteiger partial charge is 0.319 e. The van der Waals surface area contributed by atoms with E-state index in [2.05, 4.69) is 51.0 Å².